The predicted molar refractivity (Wildman–Crippen MR) is 77.1 cm³/mol. The van der Waals surface area contributed by atoms with E-state index in [9.17, 15) is 4.79 Å². The first-order valence-electron chi connectivity index (χ1n) is 6.08. The number of hydrogen-bond donors (Lipinski definition) is 2. The fourth-order valence-corrected chi connectivity index (χ4v) is 2.29. The molecule has 0 fully saturated rings. The molecule has 0 aliphatic heterocycles. The number of carboxylic acids is 1. The highest BCUT2D eigenvalue weighted by molar-refractivity contribution is 9.10. The lowest BCUT2D eigenvalue weighted by atomic mass is 10.1. The summed E-state index contributed by atoms with van der Waals surface area (Å²) in [6.07, 6.45) is 0.516. The maximum absolute atomic E-state index is 11.2. The number of nitrogens with zero attached hydrogens (tertiary/aromatic N) is 1. The third-order valence-electron chi connectivity index (χ3n) is 3.06. The van der Waals surface area contributed by atoms with Gasteiger partial charge in [0, 0.05) is 15.7 Å². The Morgan fingerprint density at radius 2 is 2.05 bits per heavy atom. The topological polar surface area (TPSA) is 66.0 Å². The molecule has 1 aromatic heterocycles. The Morgan fingerprint density at radius 3 is 2.58 bits per heavy atom. The number of rotatable bonds is 4. The van der Waals surface area contributed by atoms with Crippen LogP contribution in [-0.4, -0.2) is 21.0 Å². The van der Waals surface area contributed by atoms with Crippen LogP contribution in [0, 0.1) is 6.92 Å². The second kappa shape index (κ2) is 5.57. The number of aromatic amines is 1. The minimum atomic E-state index is -0.849. The lowest BCUT2D eigenvalue weighted by Gasteiger charge is -2.04. The number of aryl methyl sites for hydroxylation is 1. The van der Waals surface area contributed by atoms with Crippen LogP contribution >= 0.6 is 15.9 Å². The van der Waals surface area contributed by atoms with E-state index in [-0.39, 0.29) is 0 Å². The van der Waals surface area contributed by atoms with Gasteiger partial charge in [-0.1, -0.05) is 35.0 Å². The van der Waals surface area contributed by atoms with Crippen molar-refractivity contribution in [3.8, 4) is 11.3 Å². The SMILES string of the molecule is CCC(C(=O)O)c1nc(-c2ccc(Br)cc2)c(C)[nH]1. The summed E-state index contributed by atoms with van der Waals surface area (Å²) in [5.74, 6) is -0.910. The van der Waals surface area contributed by atoms with Crippen LogP contribution in [0.4, 0.5) is 0 Å². The van der Waals surface area contributed by atoms with Crippen LogP contribution in [0.5, 0.6) is 0 Å². The maximum atomic E-state index is 11.2. The van der Waals surface area contributed by atoms with Gasteiger partial charge in [-0.3, -0.25) is 4.79 Å². The van der Waals surface area contributed by atoms with E-state index in [4.69, 9.17) is 5.11 Å². The molecule has 4 nitrogen and oxygen atoms in total. The molecule has 0 aliphatic carbocycles. The van der Waals surface area contributed by atoms with Crippen LogP contribution in [0.15, 0.2) is 28.7 Å². The second-order valence-corrected chi connectivity index (χ2v) is 5.32. The van der Waals surface area contributed by atoms with Crippen molar-refractivity contribution in [2.75, 3.05) is 0 Å². The number of H-pyrrole nitrogens is 1. The highest BCUT2D eigenvalue weighted by Gasteiger charge is 2.22. The molecule has 0 amide bonds. The van der Waals surface area contributed by atoms with E-state index >= 15 is 0 Å². The number of carboxylic acid groups (broad SMARTS) is 1. The van der Waals surface area contributed by atoms with Gasteiger partial charge in [0.15, 0.2) is 0 Å². The number of nitrogens with one attached hydrogen (secondary N) is 1. The average Bonchev–Trinajstić information content (AvgIpc) is 2.72. The van der Waals surface area contributed by atoms with Crippen molar-refractivity contribution in [1.82, 2.24) is 9.97 Å². The van der Waals surface area contributed by atoms with Crippen molar-refractivity contribution in [3.63, 3.8) is 0 Å². The van der Waals surface area contributed by atoms with Gasteiger partial charge in [-0.05, 0) is 25.5 Å². The second-order valence-electron chi connectivity index (χ2n) is 4.40. The van der Waals surface area contributed by atoms with E-state index in [0.717, 1.165) is 21.4 Å². The molecule has 0 saturated heterocycles. The highest BCUT2D eigenvalue weighted by atomic mass is 79.9. The molecule has 0 radical (unpaired) electrons. The van der Waals surface area contributed by atoms with Gasteiger partial charge < -0.3 is 10.1 Å². The standard InChI is InChI=1S/C14H15BrN2O2/c1-3-11(14(18)19)13-16-8(2)12(17-13)9-4-6-10(15)7-5-9/h4-7,11H,3H2,1-2H3,(H,16,17)(H,18,19). The molecule has 1 aromatic carbocycles. The van der Waals surface area contributed by atoms with E-state index in [1.54, 1.807) is 0 Å². The number of hydrogen-bond acceptors (Lipinski definition) is 2. The van der Waals surface area contributed by atoms with Crippen molar-refractivity contribution >= 4 is 21.9 Å². The summed E-state index contributed by atoms with van der Waals surface area (Å²) < 4.78 is 1.00. The Hall–Kier alpha value is -1.62. The molecule has 0 saturated carbocycles. The first kappa shape index (κ1) is 13.8. The Kier molecular flexibility index (Phi) is 4.04. The zero-order valence-corrected chi connectivity index (χ0v) is 12.4. The lowest BCUT2D eigenvalue weighted by molar-refractivity contribution is -0.139. The quantitative estimate of drug-likeness (QED) is 0.901. The molecule has 5 heteroatoms. The summed E-state index contributed by atoms with van der Waals surface area (Å²) >= 11 is 3.39. The highest BCUT2D eigenvalue weighted by Crippen LogP contribution is 2.26. The van der Waals surface area contributed by atoms with Gasteiger partial charge in [0.25, 0.3) is 0 Å². The van der Waals surface area contributed by atoms with Gasteiger partial charge in [0.05, 0.1) is 5.69 Å². The fourth-order valence-electron chi connectivity index (χ4n) is 2.02. The summed E-state index contributed by atoms with van der Waals surface area (Å²) in [5, 5.41) is 9.17. The summed E-state index contributed by atoms with van der Waals surface area (Å²) in [4.78, 5) is 18.7. The number of carbonyl (C=O) groups is 1. The van der Waals surface area contributed by atoms with E-state index in [1.807, 2.05) is 38.1 Å². The van der Waals surface area contributed by atoms with Gasteiger partial charge in [-0.15, -0.1) is 0 Å². The predicted octanol–water partition coefficient (Wildman–Crippen LogP) is 3.73. The molecule has 1 heterocycles. The van der Waals surface area contributed by atoms with Crippen LogP contribution in [-0.2, 0) is 4.79 Å². The molecule has 2 N–H and O–H groups in total. The number of aromatic nitrogens is 2. The van der Waals surface area contributed by atoms with Crippen LogP contribution in [0.3, 0.4) is 0 Å². The third-order valence-corrected chi connectivity index (χ3v) is 3.59. The molecular formula is C14H15BrN2O2. The molecule has 2 rings (SSSR count). The van der Waals surface area contributed by atoms with Crippen LogP contribution in [0.25, 0.3) is 11.3 Å². The Morgan fingerprint density at radius 1 is 1.42 bits per heavy atom. The summed E-state index contributed by atoms with van der Waals surface area (Å²) in [5.41, 5.74) is 2.67. The maximum Gasteiger partial charge on any atom is 0.314 e. The van der Waals surface area contributed by atoms with E-state index in [1.165, 1.54) is 0 Å². The Labute approximate surface area is 120 Å². The van der Waals surface area contributed by atoms with E-state index in [2.05, 4.69) is 25.9 Å². The molecule has 0 aliphatic rings. The normalized spacial score (nSPS) is 12.4. The molecule has 19 heavy (non-hydrogen) atoms. The molecule has 2 aromatic rings. The molecule has 1 atom stereocenters. The van der Waals surface area contributed by atoms with Crippen LogP contribution in [0.1, 0.15) is 30.8 Å². The monoisotopic (exact) mass is 322 g/mol. The van der Waals surface area contributed by atoms with Crippen molar-refractivity contribution in [1.29, 1.82) is 0 Å². The number of benzene rings is 1. The van der Waals surface area contributed by atoms with Gasteiger partial charge in [-0.2, -0.15) is 0 Å². The smallest absolute Gasteiger partial charge is 0.314 e. The first-order valence-corrected chi connectivity index (χ1v) is 6.87. The zero-order chi connectivity index (χ0) is 14.0. The summed E-state index contributed by atoms with van der Waals surface area (Å²) in [6, 6.07) is 7.80. The van der Waals surface area contributed by atoms with Crippen LogP contribution in [0.2, 0.25) is 0 Å². The zero-order valence-electron chi connectivity index (χ0n) is 10.8. The number of aliphatic carboxylic acids is 1. The summed E-state index contributed by atoms with van der Waals surface area (Å²) in [6.45, 7) is 3.75. The van der Waals surface area contributed by atoms with E-state index in [0.29, 0.717) is 12.2 Å². The van der Waals surface area contributed by atoms with Gasteiger partial charge in [0.1, 0.15) is 11.7 Å². The molecule has 0 bridgehead atoms. The Bertz CT molecular complexity index is 590. The largest absolute Gasteiger partial charge is 0.481 e. The molecule has 0 spiro atoms. The van der Waals surface area contributed by atoms with Gasteiger partial charge in [-0.25, -0.2) is 4.98 Å². The first-order chi connectivity index (χ1) is 9.02. The minimum Gasteiger partial charge on any atom is -0.481 e. The lowest BCUT2D eigenvalue weighted by Crippen LogP contribution is -2.12. The molecule has 100 valence electrons. The summed E-state index contributed by atoms with van der Waals surface area (Å²) in [7, 11) is 0. The fraction of sp³-hybridized carbons (Fsp3) is 0.286. The van der Waals surface area contributed by atoms with Crippen molar-refractivity contribution in [3.05, 3.63) is 40.3 Å². The Balaban J connectivity index is 2.41. The van der Waals surface area contributed by atoms with Crippen molar-refractivity contribution in [2.24, 2.45) is 0 Å². The minimum absolute atomic E-state index is 0.516. The van der Waals surface area contributed by atoms with Gasteiger partial charge >= 0.3 is 5.97 Å². The van der Waals surface area contributed by atoms with Crippen molar-refractivity contribution < 1.29 is 9.90 Å². The average molecular weight is 323 g/mol. The van der Waals surface area contributed by atoms with Crippen molar-refractivity contribution in [2.45, 2.75) is 26.2 Å². The number of imidazole rings is 1. The third kappa shape index (κ3) is 2.87. The molecular weight excluding hydrogens is 308 g/mol. The molecule has 1 unspecified atom stereocenters. The number of halogens is 1. The van der Waals surface area contributed by atoms with Gasteiger partial charge in [0.2, 0.25) is 0 Å². The van der Waals surface area contributed by atoms with Crippen LogP contribution < -0.4 is 0 Å². The van der Waals surface area contributed by atoms with E-state index < -0.39 is 11.9 Å².